The van der Waals surface area contributed by atoms with Gasteiger partial charge in [0.2, 0.25) is 0 Å². The molecule has 24 heavy (non-hydrogen) atoms. The van der Waals surface area contributed by atoms with Gasteiger partial charge in [-0.05, 0) is 36.1 Å². The third kappa shape index (κ3) is 2.29. The van der Waals surface area contributed by atoms with Gasteiger partial charge in [0.25, 0.3) is 11.8 Å². The number of benzene rings is 2. The van der Waals surface area contributed by atoms with Crippen LogP contribution in [0.3, 0.4) is 0 Å². The number of nitrogens with zero attached hydrogens (tertiary/aromatic N) is 1. The largest absolute Gasteiger partial charge is 0.456 e. The average molecular weight is 321 g/mol. The Morgan fingerprint density at radius 2 is 1.62 bits per heavy atom. The molecule has 1 atom stereocenters. The summed E-state index contributed by atoms with van der Waals surface area (Å²) in [6, 6.07) is 14.4. The highest BCUT2D eigenvalue weighted by atomic mass is 16.5. The molecule has 0 saturated heterocycles. The van der Waals surface area contributed by atoms with Crippen LogP contribution in [0.1, 0.15) is 44.4 Å². The first-order valence-electron chi connectivity index (χ1n) is 7.87. The highest BCUT2D eigenvalue weighted by Gasteiger charge is 2.37. The van der Waals surface area contributed by atoms with Gasteiger partial charge in [-0.15, -0.1) is 0 Å². The number of rotatable bonds is 3. The summed E-state index contributed by atoms with van der Waals surface area (Å²) in [6.07, 6.45) is 1.29. The Balaban J connectivity index is 1.47. The predicted octanol–water partition coefficient (Wildman–Crippen LogP) is 2.51. The normalized spacial score (nSPS) is 18.5. The second-order valence-corrected chi connectivity index (χ2v) is 5.96. The topological polar surface area (TPSA) is 63.7 Å². The lowest BCUT2D eigenvalue weighted by Crippen LogP contribution is -2.36. The van der Waals surface area contributed by atoms with E-state index in [-0.39, 0.29) is 12.6 Å². The molecular formula is C19H15NO4. The average Bonchev–Trinajstić information content (AvgIpc) is 3.11. The molecule has 1 heterocycles. The monoisotopic (exact) mass is 321 g/mol. The number of carbonyl (C=O) groups excluding carboxylic acids is 3. The van der Waals surface area contributed by atoms with Crippen molar-refractivity contribution >= 4 is 17.8 Å². The van der Waals surface area contributed by atoms with Crippen LogP contribution in [0.5, 0.6) is 0 Å². The van der Waals surface area contributed by atoms with Crippen LogP contribution in [0.15, 0.2) is 48.5 Å². The number of esters is 1. The zero-order chi connectivity index (χ0) is 16.7. The predicted molar refractivity (Wildman–Crippen MR) is 85.4 cm³/mol. The summed E-state index contributed by atoms with van der Waals surface area (Å²) >= 11 is 0. The van der Waals surface area contributed by atoms with Crippen LogP contribution in [-0.2, 0) is 16.0 Å². The Bertz CT molecular complexity index is 823. The zero-order valence-corrected chi connectivity index (χ0v) is 12.9. The SMILES string of the molecule is O=C(CN1C(=O)c2ccccc2C1=O)O[C@H]1CCc2ccccc21. The van der Waals surface area contributed by atoms with E-state index in [1.54, 1.807) is 24.3 Å². The molecule has 1 aliphatic heterocycles. The first-order chi connectivity index (χ1) is 11.6. The fourth-order valence-electron chi connectivity index (χ4n) is 3.35. The molecule has 5 heteroatoms. The molecule has 4 rings (SSSR count). The van der Waals surface area contributed by atoms with Crippen molar-refractivity contribution in [3.63, 3.8) is 0 Å². The molecule has 5 nitrogen and oxygen atoms in total. The van der Waals surface area contributed by atoms with E-state index in [4.69, 9.17) is 4.74 Å². The molecular weight excluding hydrogens is 306 g/mol. The van der Waals surface area contributed by atoms with E-state index < -0.39 is 17.8 Å². The maximum absolute atomic E-state index is 12.3. The second-order valence-electron chi connectivity index (χ2n) is 5.96. The fraction of sp³-hybridized carbons (Fsp3) is 0.211. The number of amides is 2. The van der Waals surface area contributed by atoms with Crippen molar-refractivity contribution in [2.24, 2.45) is 0 Å². The molecule has 0 bridgehead atoms. The molecule has 0 unspecified atom stereocenters. The molecule has 0 radical (unpaired) electrons. The lowest BCUT2D eigenvalue weighted by atomic mass is 10.1. The number of hydrogen-bond acceptors (Lipinski definition) is 4. The highest BCUT2D eigenvalue weighted by molar-refractivity contribution is 6.22. The van der Waals surface area contributed by atoms with Crippen molar-refractivity contribution in [1.82, 2.24) is 4.90 Å². The van der Waals surface area contributed by atoms with Gasteiger partial charge in [0.1, 0.15) is 12.6 Å². The minimum Gasteiger partial charge on any atom is -0.456 e. The summed E-state index contributed by atoms with van der Waals surface area (Å²) in [6.45, 7) is -0.356. The van der Waals surface area contributed by atoms with E-state index in [0.29, 0.717) is 11.1 Å². The molecule has 1 aliphatic carbocycles. The second kappa shape index (κ2) is 5.60. The first kappa shape index (κ1) is 14.6. The van der Waals surface area contributed by atoms with Gasteiger partial charge in [-0.3, -0.25) is 19.3 Å². The Kier molecular flexibility index (Phi) is 3.41. The number of carbonyl (C=O) groups is 3. The third-order valence-electron chi connectivity index (χ3n) is 4.52. The minimum atomic E-state index is -0.564. The lowest BCUT2D eigenvalue weighted by molar-refractivity contribution is -0.149. The number of fused-ring (bicyclic) bond motifs is 2. The maximum Gasteiger partial charge on any atom is 0.326 e. The summed E-state index contributed by atoms with van der Waals surface area (Å²) in [7, 11) is 0. The van der Waals surface area contributed by atoms with Crippen LogP contribution < -0.4 is 0 Å². The van der Waals surface area contributed by atoms with Crippen LogP contribution in [-0.4, -0.2) is 29.2 Å². The number of aryl methyl sites for hydroxylation is 1. The molecule has 0 fully saturated rings. The van der Waals surface area contributed by atoms with Crippen molar-refractivity contribution in [3.05, 3.63) is 70.8 Å². The van der Waals surface area contributed by atoms with Gasteiger partial charge in [-0.2, -0.15) is 0 Å². The zero-order valence-electron chi connectivity index (χ0n) is 12.9. The summed E-state index contributed by atoms with van der Waals surface area (Å²) in [4.78, 5) is 37.7. The third-order valence-corrected chi connectivity index (χ3v) is 4.52. The van der Waals surface area contributed by atoms with Crippen molar-refractivity contribution in [2.75, 3.05) is 6.54 Å². The molecule has 0 N–H and O–H groups in total. The van der Waals surface area contributed by atoms with E-state index >= 15 is 0 Å². The Hall–Kier alpha value is -2.95. The Morgan fingerprint density at radius 1 is 1.00 bits per heavy atom. The fourth-order valence-corrected chi connectivity index (χ4v) is 3.35. The van der Waals surface area contributed by atoms with Crippen molar-refractivity contribution in [1.29, 1.82) is 0 Å². The Morgan fingerprint density at radius 3 is 2.33 bits per heavy atom. The summed E-state index contributed by atoms with van der Waals surface area (Å²) in [5.41, 5.74) is 2.85. The van der Waals surface area contributed by atoms with Gasteiger partial charge >= 0.3 is 5.97 Å². The number of imide groups is 1. The summed E-state index contributed by atoms with van der Waals surface area (Å²) in [5.74, 6) is -1.45. The van der Waals surface area contributed by atoms with Crippen LogP contribution in [0.25, 0.3) is 0 Å². The van der Waals surface area contributed by atoms with E-state index in [9.17, 15) is 14.4 Å². The molecule has 2 aliphatic rings. The van der Waals surface area contributed by atoms with Crippen molar-refractivity contribution in [2.45, 2.75) is 18.9 Å². The minimum absolute atomic E-state index is 0.302. The van der Waals surface area contributed by atoms with E-state index in [0.717, 1.165) is 23.3 Å². The van der Waals surface area contributed by atoms with E-state index in [1.807, 2.05) is 24.3 Å². The van der Waals surface area contributed by atoms with E-state index in [1.165, 1.54) is 5.56 Å². The van der Waals surface area contributed by atoms with Crippen LogP contribution in [0, 0.1) is 0 Å². The van der Waals surface area contributed by atoms with Gasteiger partial charge in [0.15, 0.2) is 0 Å². The lowest BCUT2D eigenvalue weighted by Gasteiger charge is -2.17. The molecule has 2 aromatic rings. The highest BCUT2D eigenvalue weighted by Crippen LogP contribution is 2.34. The summed E-state index contributed by atoms with van der Waals surface area (Å²) in [5, 5.41) is 0. The van der Waals surface area contributed by atoms with Crippen LogP contribution in [0.2, 0.25) is 0 Å². The number of hydrogen-bond donors (Lipinski definition) is 0. The Labute approximate surface area is 138 Å². The van der Waals surface area contributed by atoms with Crippen molar-refractivity contribution < 1.29 is 19.1 Å². The molecule has 120 valence electrons. The van der Waals surface area contributed by atoms with Gasteiger partial charge < -0.3 is 4.74 Å². The standard InChI is InChI=1S/C19H15NO4/c21-17(24-16-10-9-12-5-1-2-6-13(12)16)11-20-18(22)14-7-3-4-8-15(14)19(20)23/h1-8,16H,9-11H2/t16-/m0/s1. The van der Waals surface area contributed by atoms with E-state index in [2.05, 4.69) is 0 Å². The molecule has 2 aromatic carbocycles. The van der Waals surface area contributed by atoms with Gasteiger partial charge in [0.05, 0.1) is 11.1 Å². The molecule has 2 amide bonds. The first-order valence-corrected chi connectivity index (χ1v) is 7.87. The molecule has 0 saturated carbocycles. The van der Waals surface area contributed by atoms with Gasteiger partial charge in [-0.1, -0.05) is 36.4 Å². The quantitative estimate of drug-likeness (QED) is 0.644. The molecule has 0 aromatic heterocycles. The molecule has 0 spiro atoms. The van der Waals surface area contributed by atoms with Crippen LogP contribution >= 0.6 is 0 Å². The summed E-state index contributed by atoms with van der Waals surface area (Å²) < 4.78 is 5.51. The smallest absolute Gasteiger partial charge is 0.326 e. The number of ether oxygens (including phenoxy) is 1. The van der Waals surface area contributed by atoms with Gasteiger partial charge in [0, 0.05) is 0 Å². The van der Waals surface area contributed by atoms with Crippen molar-refractivity contribution in [3.8, 4) is 0 Å². The van der Waals surface area contributed by atoms with Crippen LogP contribution in [0.4, 0.5) is 0 Å². The maximum atomic E-state index is 12.3. The van der Waals surface area contributed by atoms with Gasteiger partial charge in [-0.25, -0.2) is 0 Å².